The van der Waals surface area contributed by atoms with Crippen LogP contribution in [-0.2, 0) is 6.42 Å². The third-order valence-electron chi connectivity index (χ3n) is 4.62. The molecule has 0 aromatic heterocycles. The Labute approximate surface area is 122 Å². The van der Waals surface area contributed by atoms with Crippen LogP contribution in [0.1, 0.15) is 31.7 Å². The van der Waals surface area contributed by atoms with Crippen LogP contribution in [0.2, 0.25) is 0 Å². The molecule has 0 bridgehead atoms. The fraction of sp³-hybridized carbons (Fsp3) is 0.647. The molecule has 2 aliphatic rings. The molecule has 3 rings (SSSR count). The van der Waals surface area contributed by atoms with E-state index < -0.39 is 0 Å². The maximum atomic E-state index is 5.27. The van der Waals surface area contributed by atoms with Crippen LogP contribution in [0, 0.1) is 0 Å². The van der Waals surface area contributed by atoms with Crippen molar-refractivity contribution >= 4 is 0 Å². The number of ether oxygens (including phenoxy) is 1. The lowest BCUT2D eigenvalue weighted by molar-refractivity contribution is 0.255. The molecular weight excluding hydrogens is 248 g/mol. The molecule has 3 heteroatoms. The molecule has 1 saturated heterocycles. The largest absolute Gasteiger partial charge is 0.497 e. The Balaban J connectivity index is 1.43. The maximum absolute atomic E-state index is 5.27. The number of rotatable bonds is 6. The molecule has 2 fully saturated rings. The number of methoxy groups -OCH3 is 1. The van der Waals surface area contributed by atoms with Gasteiger partial charge in [-0.2, -0.15) is 0 Å². The first-order valence-electron chi connectivity index (χ1n) is 7.88. The van der Waals surface area contributed by atoms with Crippen LogP contribution >= 0.6 is 0 Å². The van der Waals surface area contributed by atoms with E-state index in [1.165, 1.54) is 31.4 Å². The van der Waals surface area contributed by atoms with Crippen LogP contribution in [0.5, 0.6) is 5.75 Å². The second kappa shape index (κ2) is 6.15. The SMILES string of the molecule is COc1cccc(CCNC2CC(C)N(C3CC3)C2)c1. The van der Waals surface area contributed by atoms with Crippen LogP contribution < -0.4 is 10.1 Å². The van der Waals surface area contributed by atoms with Gasteiger partial charge in [-0.1, -0.05) is 12.1 Å². The molecule has 0 radical (unpaired) electrons. The Kier molecular flexibility index (Phi) is 4.27. The number of likely N-dealkylation sites (tertiary alicyclic amines) is 1. The Morgan fingerprint density at radius 1 is 1.35 bits per heavy atom. The van der Waals surface area contributed by atoms with Gasteiger partial charge in [-0.25, -0.2) is 0 Å². The minimum absolute atomic E-state index is 0.677. The highest BCUT2D eigenvalue weighted by Crippen LogP contribution is 2.33. The summed E-state index contributed by atoms with van der Waals surface area (Å²) in [6.07, 6.45) is 5.21. The fourth-order valence-corrected chi connectivity index (χ4v) is 3.37. The highest BCUT2D eigenvalue weighted by Gasteiger charge is 2.38. The quantitative estimate of drug-likeness (QED) is 0.862. The summed E-state index contributed by atoms with van der Waals surface area (Å²) < 4.78 is 5.27. The lowest BCUT2D eigenvalue weighted by Crippen LogP contribution is -2.35. The first-order valence-corrected chi connectivity index (χ1v) is 7.88. The standard InChI is InChI=1S/C17H26N2O/c1-13-10-15(12-19(13)16-6-7-16)18-9-8-14-4-3-5-17(11-14)20-2/h3-5,11,13,15-16,18H,6-10,12H2,1-2H3. The lowest BCUT2D eigenvalue weighted by atomic mass is 10.1. The van der Waals surface area contributed by atoms with Crippen LogP contribution in [0.4, 0.5) is 0 Å². The van der Waals surface area contributed by atoms with Gasteiger partial charge in [-0.3, -0.25) is 4.90 Å². The third-order valence-corrected chi connectivity index (χ3v) is 4.62. The molecular formula is C17H26N2O. The highest BCUT2D eigenvalue weighted by molar-refractivity contribution is 5.28. The number of nitrogens with zero attached hydrogens (tertiary/aromatic N) is 1. The van der Waals surface area contributed by atoms with Crippen LogP contribution in [-0.4, -0.2) is 43.2 Å². The topological polar surface area (TPSA) is 24.5 Å². The summed E-state index contributed by atoms with van der Waals surface area (Å²) in [5.41, 5.74) is 1.35. The van der Waals surface area contributed by atoms with Gasteiger partial charge < -0.3 is 10.1 Å². The van der Waals surface area contributed by atoms with E-state index in [-0.39, 0.29) is 0 Å². The predicted octanol–water partition coefficient (Wildman–Crippen LogP) is 2.45. The van der Waals surface area contributed by atoms with Crippen molar-refractivity contribution in [3.05, 3.63) is 29.8 Å². The third kappa shape index (κ3) is 3.33. The van der Waals surface area contributed by atoms with Gasteiger partial charge in [0.05, 0.1) is 7.11 Å². The minimum atomic E-state index is 0.677. The smallest absolute Gasteiger partial charge is 0.119 e. The van der Waals surface area contributed by atoms with Gasteiger partial charge in [0.15, 0.2) is 0 Å². The van der Waals surface area contributed by atoms with E-state index >= 15 is 0 Å². The van der Waals surface area contributed by atoms with E-state index in [0.717, 1.165) is 30.8 Å². The lowest BCUT2D eigenvalue weighted by Gasteiger charge is -2.19. The zero-order valence-corrected chi connectivity index (χ0v) is 12.6. The first-order chi connectivity index (χ1) is 9.76. The summed E-state index contributed by atoms with van der Waals surface area (Å²) in [7, 11) is 1.73. The van der Waals surface area contributed by atoms with Crippen molar-refractivity contribution < 1.29 is 4.74 Å². The molecule has 1 aliphatic carbocycles. The van der Waals surface area contributed by atoms with Gasteiger partial charge in [0.2, 0.25) is 0 Å². The van der Waals surface area contributed by atoms with Gasteiger partial charge in [0.25, 0.3) is 0 Å². The average Bonchev–Trinajstić information content (AvgIpc) is 3.23. The van der Waals surface area contributed by atoms with Gasteiger partial charge in [0, 0.05) is 24.7 Å². The van der Waals surface area contributed by atoms with Crippen molar-refractivity contribution in [3.8, 4) is 5.75 Å². The number of hydrogen-bond acceptors (Lipinski definition) is 3. The van der Waals surface area contributed by atoms with Gasteiger partial charge in [0.1, 0.15) is 5.75 Å². The molecule has 1 heterocycles. The summed E-state index contributed by atoms with van der Waals surface area (Å²) in [6, 6.07) is 10.7. The van der Waals surface area contributed by atoms with E-state index in [9.17, 15) is 0 Å². The number of benzene rings is 1. The Bertz CT molecular complexity index is 444. The van der Waals surface area contributed by atoms with Crippen molar-refractivity contribution in [3.63, 3.8) is 0 Å². The molecule has 20 heavy (non-hydrogen) atoms. The molecule has 110 valence electrons. The second-order valence-electron chi connectivity index (χ2n) is 6.27. The van der Waals surface area contributed by atoms with Crippen LogP contribution in [0.15, 0.2) is 24.3 Å². The normalized spacial score (nSPS) is 26.9. The van der Waals surface area contributed by atoms with Crippen molar-refractivity contribution in [2.75, 3.05) is 20.2 Å². The molecule has 0 spiro atoms. The van der Waals surface area contributed by atoms with E-state index in [0.29, 0.717) is 6.04 Å². The van der Waals surface area contributed by atoms with Crippen LogP contribution in [0.3, 0.4) is 0 Å². The molecule has 0 amide bonds. The Morgan fingerprint density at radius 2 is 2.20 bits per heavy atom. The zero-order chi connectivity index (χ0) is 13.9. The number of nitrogens with one attached hydrogen (secondary N) is 1. The van der Waals surface area contributed by atoms with Crippen LogP contribution in [0.25, 0.3) is 0 Å². The van der Waals surface area contributed by atoms with E-state index in [4.69, 9.17) is 4.74 Å². The van der Waals surface area contributed by atoms with Crippen molar-refractivity contribution in [1.82, 2.24) is 10.2 Å². The summed E-state index contributed by atoms with van der Waals surface area (Å²) in [4.78, 5) is 2.70. The summed E-state index contributed by atoms with van der Waals surface area (Å²) in [5.74, 6) is 0.955. The van der Waals surface area contributed by atoms with E-state index in [2.05, 4.69) is 35.3 Å². The molecule has 3 nitrogen and oxygen atoms in total. The Morgan fingerprint density at radius 3 is 2.95 bits per heavy atom. The number of hydrogen-bond donors (Lipinski definition) is 1. The molecule has 1 aromatic carbocycles. The highest BCUT2D eigenvalue weighted by atomic mass is 16.5. The summed E-state index contributed by atoms with van der Waals surface area (Å²) >= 11 is 0. The first kappa shape index (κ1) is 13.9. The summed E-state index contributed by atoms with van der Waals surface area (Å²) in [5, 5.41) is 3.73. The Hall–Kier alpha value is -1.06. The maximum Gasteiger partial charge on any atom is 0.119 e. The monoisotopic (exact) mass is 274 g/mol. The van der Waals surface area contributed by atoms with Crippen molar-refractivity contribution in [2.45, 2.75) is 50.7 Å². The molecule has 2 atom stereocenters. The predicted molar refractivity (Wildman–Crippen MR) is 82.3 cm³/mol. The van der Waals surface area contributed by atoms with Gasteiger partial charge >= 0.3 is 0 Å². The molecule has 1 aromatic rings. The average molecular weight is 274 g/mol. The van der Waals surface area contributed by atoms with Crippen molar-refractivity contribution in [1.29, 1.82) is 0 Å². The van der Waals surface area contributed by atoms with E-state index in [1.807, 2.05) is 6.07 Å². The van der Waals surface area contributed by atoms with Gasteiger partial charge in [-0.15, -0.1) is 0 Å². The molecule has 2 unspecified atom stereocenters. The fourth-order valence-electron chi connectivity index (χ4n) is 3.37. The van der Waals surface area contributed by atoms with Crippen molar-refractivity contribution in [2.24, 2.45) is 0 Å². The molecule has 1 aliphatic heterocycles. The summed E-state index contributed by atoms with van der Waals surface area (Å²) in [6.45, 7) is 4.68. The second-order valence-corrected chi connectivity index (χ2v) is 6.27. The molecule has 1 saturated carbocycles. The molecule has 1 N–H and O–H groups in total. The van der Waals surface area contributed by atoms with E-state index in [1.54, 1.807) is 7.11 Å². The van der Waals surface area contributed by atoms with Gasteiger partial charge in [-0.05, 0) is 56.8 Å². The zero-order valence-electron chi connectivity index (χ0n) is 12.6. The minimum Gasteiger partial charge on any atom is -0.497 e.